The van der Waals surface area contributed by atoms with Crippen LogP contribution in [0.5, 0.6) is 5.75 Å². The summed E-state index contributed by atoms with van der Waals surface area (Å²) in [6.45, 7) is 8.18. The molecule has 0 spiro atoms. The van der Waals surface area contributed by atoms with Gasteiger partial charge < -0.3 is 19.4 Å². The van der Waals surface area contributed by atoms with E-state index < -0.39 is 0 Å². The molecule has 28 heavy (non-hydrogen) atoms. The summed E-state index contributed by atoms with van der Waals surface area (Å²) in [6, 6.07) is 9.34. The lowest BCUT2D eigenvalue weighted by Gasteiger charge is -2.37. The molecule has 1 aromatic carbocycles. The predicted molar refractivity (Wildman–Crippen MR) is 110 cm³/mol. The van der Waals surface area contributed by atoms with Crippen molar-refractivity contribution in [2.75, 3.05) is 46.4 Å². The van der Waals surface area contributed by atoms with Gasteiger partial charge in [-0.3, -0.25) is 9.69 Å². The van der Waals surface area contributed by atoms with Gasteiger partial charge in [0, 0.05) is 37.7 Å². The van der Waals surface area contributed by atoms with E-state index in [1.54, 1.807) is 12.1 Å². The van der Waals surface area contributed by atoms with E-state index in [-0.39, 0.29) is 18.6 Å². The van der Waals surface area contributed by atoms with Crippen molar-refractivity contribution in [3.8, 4) is 5.75 Å². The molecule has 1 N–H and O–H groups in total. The van der Waals surface area contributed by atoms with Crippen molar-refractivity contribution in [3.05, 3.63) is 52.4 Å². The van der Waals surface area contributed by atoms with Gasteiger partial charge in [0.05, 0.1) is 6.04 Å². The van der Waals surface area contributed by atoms with Gasteiger partial charge in [-0.05, 0) is 56.8 Å². The van der Waals surface area contributed by atoms with E-state index in [9.17, 15) is 4.79 Å². The third-order valence-corrected chi connectivity index (χ3v) is 5.48. The minimum Gasteiger partial charge on any atom is -0.484 e. The number of aryl methyl sites for hydroxylation is 2. The lowest BCUT2D eigenvalue weighted by Crippen LogP contribution is -2.48. The number of furan rings is 1. The highest BCUT2D eigenvalue weighted by Gasteiger charge is 2.26. The van der Waals surface area contributed by atoms with Gasteiger partial charge in [0.15, 0.2) is 6.61 Å². The molecule has 1 amide bonds. The van der Waals surface area contributed by atoms with Crippen molar-refractivity contribution in [2.24, 2.45) is 0 Å². The number of hydrogen-bond donors (Lipinski definition) is 1. The average Bonchev–Trinajstić information content (AvgIpc) is 3.10. The second-order valence-electron chi connectivity index (χ2n) is 7.31. The number of ether oxygens (including phenoxy) is 1. The maximum absolute atomic E-state index is 12.3. The van der Waals surface area contributed by atoms with Crippen molar-refractivity contribution >= 4 is 17.5 Å². The Morgan fingerprint density at radius 2 is 1.96 bits per heavy atom. The number of benzene rings is 1. The molecule has 1 aromatic heterocycles. The largest absolute Gasteiger partial charge is 0.484 e. The van der Waals surface area contributed by atoms with Crippen molar-refractivity contribution in [1.29, 1.82) is 0 Å². The zero-order valence-corrected chi connectivity index (χ0v) is 17.5. The van der Waals surface area contributed by atoms with Gasteiger partial charge >= 0.3 is 0 Å². The molecular weight excluding hydrogens is 378 g/mol. The highest BCUT2D eigenvalue weighted by molar-refractivity contribution is 6.31. The van der Waals surface area contributed by atoms with E-state index in [1.807, 2.05) is 32.0 Å². The van der Waals surface area contributed by atoms with E-state index in [0.29, 0.717) is 17.3 Å². The molecule has 1 fully saturated rings. The predicted octanol–water partition coefficient (Wildman–Crippen LogP) is 3.03. The van der Waals surface area contributed by atoms with Crippen LogP contribution in [0.1, 0.15) is 23.1 Å². The lowest BCUT2D eigenvalue weighted by atomic mass is 10.1. The summed E-state index contributed by atoms with van der Waals surface area (Å²) in [5, 5.41) is 3.67. The standard InChI is InChI=1S/C21H28ClN3O3/c1-15-12-17(5-6-18(15)22)27-14-21(26)23-13-19(20-7-4-16(2)28-20)25-10-8-24(3)9-11-25/h4-7,12,19H,8-11,13-14H2,1-3H3,(H,23,26)/t19-/m1/s1. The number of carbonyl (C=O) groups excluding carboxylic acids is 1. The van der Waals surface area contributed by atoms with Crippen LogP contribution in [0.15, 0.2) is 34.7 Å². The highest BCUT2D eigenvalue weighted by Crippen LogP contribution is 2.24. The highest BCUT2D eigenvalue weighted by atomic mass is 35.5. The van der Waals surface area contributed by atoms with Gasteiger partial charge in [0.1, 0.15) is 17.3 Å². The smallest absolute Gasteiger partial charge is 0.258 e. The molecule has 0 radical (unpaired) electrons. The quantitative estimate of drug-likeness (QED) is 0.767. The Labute approximate surface area is 171 Å². The van der Waals surface area contributed by atoms with Gasteiger partial charge in [-0.1, -0.05) is 11.6 Å². The lowest BCUT2D eigenvalue weighted by molar-refractivity contribution is -0.123. The molecule has 6 nitrogen and oxygen atoms in total. The molecule has 0 saturated carbocycles. The number of nitrogens with zero attached hydrogens (tertiary/aromatic N) is 2. The third-order valence-electron chi connectivity index (χ3n) is 5.06. The molecule has 1 aliphatic rings. The Morgan fingerprint density at radius 1 is 1.21 bits per heavy atom. The number of halogens is 1. The Kier molecular flexibility index (Phi) is 6.99. The fraction of sp³-hybridized carbons (Fsp3) is 0.476. The molecule has 0 unspecified atom stereocenters. The van der Waals surface area contributed by atoms with Crippen LogP contribution in [0.2, 0.25) is 5.02 Å². The van der Waals surface area contributed by atoms with Crippen LogP contribution in [-0.4, -0.2) is 62.1 Å². The fourth-order valence-corrected chi connectivity index (χ4v) is 3.41. The normalized spacial score (nSPS) is 16.7. The first-order valence-corrected chi connectivity index (χ1v) is 9.95. The molecule has 7 heteroatoms. The number of rotatable bonds is 7. The summed E-state index contributed by atoms with van der Waals surface area (Å²) in [5.41, 5.74) is 0.919. The number of likely N-dealkylation sites (N-methyl/N-ethyl adjacent to an activating group) is 1. The number of hydrogen-bond acceptors (Lipinski definition) is 5. The summed E-state index contributed by atoms with van der Waals surface area (Å²) in [7, 11) is 2.13. The molecular formula is C21H28ClN3O3. The van der Waals surface area contributed by atoms with E-state index in [4.69, 9.17) is 20.8 Å². The molecule has 1 atom stereocenters. The van der Waals surface area contributed by atoms with Gasteiger partial charge in [0.2, 0.25) is 0 Å². The topological polar surface area (TPSA) is 58.0 Å². The summed E-state index contributed by atoms with van der Waals surface area (Å²) < 4.78 is 11.5. The van der Waals surface area contributed by atoms with Crippen LogP contribution in [0.25, 0.3) is 0 Å². The van der Waals surface area contributed by atoms with E-state index >= 15 is 0 Å². The van der Waals surface area contributed by atoms with Gasteiger partial charge in [-0.25, -0.2) is 0 Å². The number of nitrogens with one attached hydrogen (secondary N) is 1. The van der Waals surface area contributed by atoms with Crippen LogP contribution in [0.4, 0.5) is 0 Å². The van der Waals surface area contributed by atoms with E-state index in [0.717, 1.165) is 43.3 Å². The molecule has 3 rings (SSSR count). The fourth-order valence-electron chi connectivity index (χ4n) is 3.29. The first-order valence-electron chi connectivity index (χ1n) is 9.57. The first-order chi connectivity index (χ1) is 13.4. The SMILES string of the molecule is Cc1ccc([C@@H](CNC(=O)COc2ccc(Cl)c(C)c2)N2CCN(C)CC2)o1. The van der Waals surface area contributed by atoms with E-state index in [1.165, 1.54) is 0 Å². The maximum Gasteiger partial charge on any atom is 0.258 e. The Balaban J connectivity index is 1.56. The zero-order valence-electron chi connectivity index (χ0n) is 16.7. The Hall–Kier alpha value is -2.02. The maximum atomic E-state index is 12.3. The minimum absolute atomic E-state index is 0.0177. The molecule has 1 aliphatic heterocycles. The number of carbonyl (C=O) groups is 1. The molecule has 152 valence electrons. The second kappa shape index (κ2) is 9.45. The van der Waals surface area contributed by atoms with Crippen molar-refractivity contribution in [2.45, 2.75) is 19.9 Å². The van der Waals surface area contributed by atoms with Gasteiger partial charge in [-0.2, -0.15) is 0 Å². The molecule has 1 saturated heterocycles. The summed E-state index contributed by atoms with van der Waals surface area (Å²) in [6.07, 6.45) is 0. The zero-order chi connectivity index (χ0) is 20.1. The molecule has 0 bridgehead atoms. The van der Waals surface area contributed by atoms with Crippen LogP contribution in [-0.2, 0) is 4.79 Å². The summed E-state index contributed by atoms with van der Waals surface area (Å²) in [5.74, 6) is 2.24. The van der Waals surface area contributed by atoms with E-state index in [2.05, 4.69) is 22.2 Å². The summed E-state index contributed by atoms with van der Waals surface area (Å²) in [4.78, 5) is 17.0. The third kappa shape index (κ3) is 5.50. The molecule has 0 aliphatic carbocycles. The van der Waals surface area contributed by atoms with Crippen LogP contribution < -0.4 is 10.1 Å². The van der Waals surface area contributed by atoms with Gasteiger partial charge in [0.25, 0.3) is 5.91 Å². The monoisotopic (exact) mass is 405 g/mol. The first kappa shape index (κ1) is 20.7. The van der Waals surface area contributed by atoms with Crippen molar-refractivity contribution in [3.63, 3.8) is 0 Å². The van der Waals surface area contributed by atoms with Crippen LogP contribution in [0, 0.1) is 13.8 Å². The summed E-state index contributed by atoms with van der Waals surface area (Å²) >= 11 is 6.02. The Bertz CT molecular complexity index is 800. The van der Waals surface area contributed by atoms with Crippen LogP contribution in [0.3, 0.4) is 0 Å². The van der Waals surface area contributed by atoms with Crippen molar-refractivity contribution in [1.82, 2.24) is 15.1 Å². The average molecular weight is 406 g/mol. The number of amides is 1. The second-order valence-corrected chi connectivity index (χ2v) is 7.71. The Morgan fingerprint density at radius 3 is 2.61 bits per heavy atom. The van der Waals surface area contributed by atoms with Crippen molar-refractivity contribution < 1.29 is 13.9 Å². The number of piperazine rings is 1. The van der Waals surface area contributed by atoms with Crippen LogP contribution >= 0.6 is 11.6 Å². The molecule has 2 aromatic rings. The molecule has 2 heterocycles. The van der Waals surface area contributed by atoms with Gasteiger partial charge in [-0.15, -0.1) is 0 Å². The minimum atomic E-state index is -0.157.